The lowest BCUT2D eigenvalue weighted by Crippen LogP contribution is -2.16. The maximum absolute atomic E-state index is 6.47. The van der Waals surface area contributed by atoms with Crippen molar-refractivity contribution in [3.05, 3.63) is 187 Å². The van der Waals surface area contributed by atoms with Gasteiger partial charge in [-0.1, -0.05) is 181 Å². The maximum atomic E-state index is 6.47. The van der Waals surface area contributed by atoms with Crippen molar-refractivity contribution in [2.75, 3.05) is 4.90 Å². The van der Waals surface area contributed by atoms with E-state index in [0.717, 1.165) is 44.6 Å². The van der Waals surface area contributed by atoms with Crippen molar-refractivity contribution in [2.45, 2.75) is 52.4 Å². The first kappa shape index (κ1) is 35.3. The van der Waals surface area contributed by atoms with Gasteiger partial charge in [0.1, 0.15) is 11.2 Å². The van der Waals surface area contributed by atoms with Crippen LogP contribution in [-0.4, -0.2) is 0 Å². The molecule has 0 aliphatic rings. The van der Waals surface area contributed by atoms with Crippen molar-refractivity contribution in [1.82, 2.24) is 0 Å². The summed E-state index contributed by atoms with van der Waals surface area (Å²) in [6, 6.07) is 64.0. The topological polar surface area (TPSA) is 16.4 Å². The van der Waals surface area contributed by atoms with E-state index in [0.29, 0.717) is 0 Å². The van der Waals surface area contributed by atoms with Crippen molar-refractivity contribution in [2.24, 2.45) is 0 Å². The molecule has 56 heavy (non-hydrogen) atoms. The number of furan rings is 1. The average molecular weight is 726 g/mol. The van der Waals surface area contributed by atoms with Crippen molar-refractivity contribution < 1.29 is 4.42 Å². The van der Waals surface area contributed by atoms with Crippen LogP contribution in [0.3, 0.4) is 0 Å². The molecule has 0 saturated heterocycles. The summed E-state index contributed by atoms with van der Waals surface area (Å²) in [6.45, 7) is 13.9. The van der Waals surface area contributed by atoms with E-state index >= 15 is 0 Å². The van der Waals surface area contributed by atoms with Gasteiger partial charge < -0.3 is 9.32 Å². The molecule has 0 saturated carbocycles. The first-order chi connectivity index (χ1) is 27.0. The Morgan fingerprint density at radius 3 is 1.66 bits per heavy atom. The van der Waals surface area contributed by atoms with Crippen LogP contribution < -0.4 is 4.90 Å². The summed E-state index contributed by atoms with van der Waals surface area (Å²) in [4.78, 5) is 2.42. The van der Waals surface area contributed by atoms with Gasteiger partial charge in [-0.3, -0.25) is 0 Å². The molecule has 0 atom stereocenters. The number of para-hydroxylation sites is 2. The van der Waals surface area contributed by atoms with Crippen LogP contribution in [0.1, 0.15) is 52.7 Å². The molecule has 0 N–H and O–H groups in total. The van der Waals surface area contributed by atoms with Crippen LogP contribution >= 0.6 is 0 Å². The standard InChI is InChI=1S/C54H47NO/c1-53(2,3)40-33-39(34-41(35-40)54(4,5)6)43-23-14-19-38-20-15-24-45(51(38)43)44-21-10-12-25-47(44)55(42-31-29-37(30-32-42)36-17-8-7-9-18-36)48-26-16-28-50-52(48)46-22-11-13-27-49(46)56-50/h7-35H,1-6H3. The largest absolute Gasteiger partial charge is 0.456 e. The van der Waals surface area contributed by atoms with E-state index in [9.17, 15) is 0 Å². The Hall–Kier alpha value is -6.38. The molecule has 1 heterocycles. The molecule has 9 rings (SSSR count). The second kappa shape index (κ2) is 13.7. The van der Waals surface area contributed by atoms with Gasteiger partial charge in [0.05, 0.1) is 16.8 Å². The highest BCUT2D eigenvalue weighted by molar-refractivity contribution is 6.15. The second-order valence-corrected chi connectivity index (χ2v) is 17.0. The van der Waals surface area contributed by atoms with Gasteiger partial charge in [0.25, 0.3) is 0 Å². The summed E-state index contributed by atoms with van der Waals surface area (Å²) in [5.41, 5.74) is 14.9. The highest BCUT2D eigenvalue weighted by Gasteiger charge is 2.25. The van der Waals surface area contributed by atoms with E-state index < -0.39 is 0 Å². The number of anilines is 3. The zero-order valence-corrected chi connectivity index (χ0v) is 33.1. The van der Waals surface area contributed by atoms with Gasteiger partial charge in [-0.2, -0.15) is 0 Å². The van der Waals surface area contributed by atoms with E-state index in [1.807, 2.05) is 6.07 Å². The smallest absolute Gasteiger partial charge is 0.137 e. The van der Waals surface area contributed by atoms with E-state index in [2.05, 4.69) is 216 Å². The number of rotatable bonds is 6. The molecule has 8 aromatic carbocycles. The monoisotopic (exact) mass is 725 g/mol. The van der Waals surface area contributed by atoms with Gasteiger partial charge in [-0.15, -0.1) is 0 Å². The molecule has 0 unspecified atom stereocenters. The Bertz CT molecular complexity index is 2830. The van der Waals surface area contributed by atoms with Crippen LogP contribution in [-0.2, 0) is 10.8 Å². The Labute approximate surface area is 330 Å². The summed E-state index contributed by atoms with van der Waals surface area (Å²) in [6.07, 6.45) is 0. The van der Waals surface area contributed by atoms with Crippen molar-refractivity contribution in [3.63, 3.8) is 0 Å². The molecule has 2 nitrogen and oxygen atoms in total. The minimum absolute atomic E-state index is 0.00482. The molecule has 0 fully saturated rings. The van der Waals surface area contributed by atoms with Crippen molar-refractivity contribution in [1.29, 1.82) is 0 Å². The number of benzene rings is 8. The summed E-state index contributed by atoms with van der Waals surface area (Å²) < 4.78 is 6.47. The first-order valence-electron chi connectivity index (χ1n) is 19.7. The van der Waals surface area contributed by atoms with Gasteiger partial charge in [-0.25, -0.2) is 0 Å². The molecule has 1 aromatic heterocycles. The van der Waals surface area contributed by atoms with Gasteiger partial charge in [0.15, 0.2) is 0 Å². The van der Waals surface area contributed by atoms with Gasteiger partial charge in [0.2, 0.25) is 0 Å². The van der Waals surface area contributed by atoms with Crippen LogP contribution in [0.25, 0.3) is 66.1 Å². The number of nitrogens with zero attached hydrogens (tertiary/aromatic N) is 1. The van der Waals surface area contributed by atoms with Crippen molar-refractivity contribution in [3.8, 4) is 33.4 Å². The second-order valence-electron chi connectivity index (χ2n) is 17.0. The fraction of sp³-hybridized carbons (Fsp3) is 0.148. The summed E-state index contributed by atoms with van der Waals surface area (Å²) in [7, 11) is 0. The first-order valence-corrected chi connectivity index (χ1v) is 19.7. The molecule has 0 bridgehead atoms. The van der Waals surface area contributed by atoms with Crippen molar-refractivity contribution >= 4 is 49.8 Å². The number of hydrogen-bond donors (Lipinski definition) is 0. The summed E-state index contributed by atoms with van der Waals surface area (Å²) in [5.74, 6) is 0. The predicted molar refractivity (Wildman–Crippen MR) is 240 cm³/mol. The third-order valence-corrected chi connectivity index (χ3v) is 11.2. The third-order valence-electron chi connectivity index (χ3n) is 11.2. The lowest BCUT2D eigenvalue weighted by atomic mass is 9.78. The minimum Gasteiger partial charge on any atom is -0.456 e. The highest BCUT2D eigenvalue weighted by atomic mass is 16.3. The molecular weight excluding hydrogens is 679 g/mol. The van der Waals surface area contributed by atoms with Gasteiger partial charge in [0, 0.05) is 16.6 Å². The van der Waals surface area contributed by atoms with E-state index in [4.69, 9.17) is 4.42 Å². The quantitative estimate of drug-likeness (QED) is 0.170. The maximum Gasteiger partial charge on any atom is 0.137 e. The molecule has 0 radical (unpaired) electrons. The van der Waals surface area contributed by atoms with E-state index in [1.165, 1.54) is 49.7 Å². The zero-order valence-electron chi connectivity index (χ0n) is 33.1. The molecule has 274 valence electrons. The van der Waals surface area contributed by atoms with Crippen LogP contribution in [0.15, 0.2) is 180 Å². The lowest BCUT2D eigenvalue weighted by Gasteiger charge is -2.29. The van der Waals surface area contributed by atoms with Gasteiger partial charge >= 0.3 is 0 Å². The van der Waals surface area contributed by atoms with Crippen LogP contribution in [0.5, 0.6) is 0 Å². The Morgan fingerprint density at radius 1 is 0.393 bits per heavy atom. The Morgan fingerprint density at radius 2 is 0.946 bits per heavy atom. The SMILES string of the molecule is CC(C)(C)c1cc(-c2cccc3cccc(-c4ccccc4N(c4ccc(-c5ccccc5)cc4)c4cccc5oc6ccccc6c45)c23)cc(C(C)(C)C)c1. The predicted octanol–water partition coefficient (Wildman–Crippen LogP) is 15.8. The summed E-state index contributed by atoms with van der Waals surface area (Å²) in [5, 5.41) is 4.66. The fourth-order valence-corrected chi connectivity index (χ4v) is 8.14. The highest BCUT2D eigenvalue weighted by Crippen LogP contribution is 2.48. The molecule has 0 aliphatic heterocycles. The Balaban J connectivity index is 1.31. The van der Waals surface area contributed by atoms with E-state index in [1.54, 1.807) is 0 Å². The Kier molecular flexibility index (Phi) is 8.66. The fourth-order valence-electron chi connectivity index (χ4n) is 8.14. The molecule has 9 aromatic rings. The molecule has 0 aliphatic carbocycles. The van der Waals surface area contributed by atoms with Crippen LogP contribution in [0.2, 0.25) is 0 Å². The molecule has 0 amide bonds. The normalized spacial score (nSPS) is 12.1. The van der Waals surface area contributed by atoms with E-state index in [-0.39, 0.29) is 10.8 Å². The van der Waals surface area contributed by atoms with Gasteiger partial charge in [-0.05, 0) is 96.9 Å². The lowest BCUT2D eigenvalue weighted by molar-refractivity contribution is 0.569. The average Bonchev–Trinajstić information content (AvgIpc) is 3.60. The molecule has 2 heteroatoms. The summed E-state index contributed by atoms with van der Waals surface area (Å²) >= 11 is 0. The number of fused-ring (bicyclic) bond motifs is 4. The zero-order chi connectivity index (χ0) is 38.6. The number of hydrogen-bond acceptors (Lipinski definition) is 2. The molecular formula is C54H47NO. The van der Waals surface area contributed by atoms with Crippen LogP contribution in [0.4, 0.5) is 17.1 Å². The minimum atomic E-state index is 0.00482. The molecule has 0 spiro atoms. The third kappa shape index (κ3) is 6.35. The van der Waals surface area contributed by atoms with Crippen LogP contribution in [0, 0.1) is 0 Å².